The van der Waals surface area contributed by atoms with Crippen molar-refractivity contribution in [3.8, 4) is 6.07 Å². The van der Waals surface area contributed by atoms with Crippen molar-refractivity contribution >= 4 is 0 Å². The molecule has 3 nitrogen and oxygen atoms in total. The highest BCUT2D eigenvalue weighted by molar-refractivity contribution is 4.85. The van der Waals surface area contributed by atoms with Crippen LogP contribution in [-0.2, 0) is 4.74 Å². The van der Waals surface area contributed by atoms with Gasteiger partial charge in [0.15, 0.2) is 0 Å². The Morgan fingerprint density at radius 1 is 1.55 bits per heavy atom. The number of nitrogens with zero attached hydrogens (tertiary/aromatic N) is 1. The number of hydrogen-bond donors (Lipinski definition) is 1. The van der Waals surface area contributed by atoms with Crippen molar-refractivity contribution in [2.45, 2.75) is 18.9 Å². The lowest BCUT2D eigenvalue weighted by Gasteiger charge is -2.03. The molecule has 0 aliphatic carbocycles. The summed E-state index contributed by atoms with van der Waals surface area (Å²) in [5.41, 5.74) is 5.16. The molecule has 64 valence electrons. The van der Waals surface area contributed by atoms with Gasteiger partial charge in [-0.25, -0.2) is 8.78 Å². The standard InChI is InChI=1S/C6H10F2N2O/c7-6(8)4-11-2-1-5(10)3-9/h5-6H,1-2,4,10H2. The van der Waals surface area contributed by atoms with Crippen molar-refractivity contribution in [2.75, 3.05) is 13.2 Å². The molecule has 0 aliphatic rings. The third kappa shape index (κ3) is 7.16. The molecular formula is C6H10F2N2O. The molecule has 0 bridgehead atoms. The molecule has 0 aromatic carbocycles. The molecule has 0 saturated heterocycles. The molecule has 1 atom stereocenters. The molecule has 11 heavy (non-hydrogen) atoms. The first-order valence-corrected chi connectivity index (χ1v) is 3.18. The van der Waals surface area contributed by atoms with E-state index in [4.69, 9.17) is 11.0 Å². The van der Waals surface area contributed by atoms with Gasteiger partial charge in [-0.2, -0.15) is 5.26 Å². The first kappa shape index (κ1) is 10.3. The van der Waals surface area contributed by atoms with Gasteiger partial charge >= 0.3 is 0 Å². The van der Waals surface area contributed by atoms with Gasteiger partial charge in [0.1, 0.15) is 6.61 Å². The molecular weight excluding hydrogens is 154 g/mol. The van der Waals surface area contributed by atoms with Crippen LogP contribution >= 0.6 is 0 Å². The van der Waals surface area contributed by atoms with Crippen LogP contribution in [0.1, 0.15) is 6.42 Å². The predicted octanol–water partition coefficient (Wildman–Crippen LogP) is 0.509. The Bertz CT molecular complexity index is 135. The van der Waals surface area contributed by atoms with Gasteiger partial charge in [0.2, 0.25) is 0 Å². The minimum atomic E-state index is -2.45. The third-order valence-electron chi connectivity index (χ3n) is 0.983. The van der Waals surface area contributed by atoms with Gasteiger partial charge in [-0.3, -0.25) is 0 Å². The summed E-state index contributed by atoms with van der Waals surface area (Å²) in [5.74, 6) is 0. The fourth-order valence-corrected chi connectivity index (χ4v) is 0.447. The van der Waals surface area contributed by atoms with Crippen LogP contribution in [0.3, 0.4) is 0 Å². The van der Waals surface area contributed by atoms with Crippen molar-refractivity contribution in [2.24, 2.45) is 5.73 Å². The molecule has 0 aromatic heterocycles. The maximum absolute atomic E-state index is 11.4. The van der Waals surface area contributed by atoms with Gasteiger partial charge in [-0.05, 0) is 6.42 Å². The predicted molar refractivity (Wildman–Crippen MR) is 35.0 cm³/mol. The van der Waals surface area contributed by atoms with Gasteiger partial charge < -0.3 is 10.5 Å². The van der Waals surface area contributed by atoms with E-state index in [1.807, 2.05) is 0 Å². The normalized spacial score (nSPS) is 13.0. The van der Waals surface area contributed by atoms with Crippen LogP contribution in [0.5, 0.6) is 0 Å². The minimum Gasteiger partial charge on any atom is -0.375 e. The summed E-state index contributed by atoms with van der Waals surface area (Å²) in [4.78, 5) is 0. The summed E-state index contributed by atoms with van der Waals surface area (Å²) < 4.78 is 27.3. The largest absolute Gasteiger partial charge is 0.375 e. The van der Waals surface area contributed by atoms with Crippen LogP contribution in [0.25, 0.3) is 0 Å². The zero-order chi connectivity index (χ0) is 8.69. The highest BCUT2D eigenvalue weighted by atomic mass is 19.3. The second kappa shape index (κ2) is 6.01. The first-order valence-electron chi connectivity index (χ1n) is 3.18. The Labute approximate surface area is 63.7 Å². The topological polar surface area (TPSA) is 59.0 Å². The number of alkyl halides is 2. The van der Waals surface area contributed by atoms with E-state index in [0.29, 0.717) is 6.42 Å². The van der Waals surface area contributed by atoms with E-state index in [0.717, 1.165) is 0 Å². The van der Waals surface area contributed by atoms with E-state index in [1.54, 1.807) is 6.07 Å². The van der Waals surface area contributed by atoms with Crippen molar-refractivity contribution < 1.29 is 13.5 Å². The summed E-state index contributed by atoms with van der Waals surface area (Å²) in [6.07, 6.45) is -2.16. The Balaban J connectivity index is 3.10. The smallest absolute Gasteiger partial charge is 0.261 e. The highest BCUT2D eigenvalue weighted by Crippen LogP contribution is 1.94. The van der Waals surface area contributed by atoms with E-state index in [2.05, 4.69) is 4.74 Å². The Hall–Kier alpha value is -0.730. The number of nitriles is 1. The van der Waals surface area contributed by atoms with E-state index in [-0.39, 0.29) is 6.61 Å². The maximum Gasteiger partial charge on any atom is 0.261 e. The number of nitrogens with two attached hydrogens (primary N) is 1. The summed E-state index contributed by atoms with van der Waals surface area (Å²) in [5, 5.41) is 8.16. The summed E-state index contributed by atoms with van der Waals surface area (Å²) >= 11 is 0. The fourth-order valence-electron chi connectivity index (χ4n) is 0.447. The molecule has 0 amide bonds. The molecule has 2 N–H and O–H groups in total. The van der Waals surface area contributed by atoms with Gasteiger partial charge in [0, 0.05) is 6.61 Å². The molecule has 0 heterocycles. The second-order valence-electron chi connectivity index (χ2n) is 1.99. The molecule has 0 fully saturated rings. The van der Waals surface area contributed by atoms with Gasteiger partial charge in [-0.15, -0.1) is 0 Å². The van der Waals surface area contributed by atoms with Crippen LogP contribution in [0.15, 0.2) is 0 Å². The van der Waals surface area contributed by atoms with Gasteiger partial charge in [0.05, 0.1) is 12.1 Å². The van der Waals surface area contributed by atoms with Gasteiger partial charge in [-0.1, -0.05) is 0 Å². The van der Waals surface area contributed by atoms with Crippen molar-refractivity contribution in [3.63, 3.8) is 0 Å². The minimum absolute atomic E-state index is 0.110. The zero-order valence-corrected chi connectivity index (χ0v) is 5.96. The quantitative estimate of drug-likeness (QED) is 0.602. The van der Waals surface area contributed by atoms with E-state index in [9.17, 15) is 8.78 Å². The lowest BCUT2D eigenvalue weighted by atomic mass is 10.3. The van der Waals surface area contributed by atoms with Crippen LogP contribution in [0.2, 0.25) is 0 Å². The van der Waals surface area contributed by atoms with Crippen LogP contribution in [0, 0.1) is 11.3 Å². The number of rotatable bonds is 5. The third-order valence-corrected chi connectivity index (χ3v) is 0.983. The monoisotopic (exact) mass is 164 g/mol. The van der Waals surface area contributed by atoms with Crippen LogP contribution in [-0.4, -0.2) is 25.7 Å². The van der Waals surface area contributed by atoms with Crippen molar-refractivity contribution in [1.82, 2.24) is 0 Å². The number of ether oxygens (including phenoxy) is 1. The van der Waals surface area contributed by atoms with Crippen molar-refractivity contribution in [1.29, 1.82) is 5.26 Å². The zero-order valence-electron chi connectivity index (χ0n) is 5.96. The molecule has 5 heteroatoms. The summed E-state index contributed by atoms with van der Waals surface area (Å²) in [6.45, 7) is -0.475. The summed E-state index contributed by atoms with van der Waals surface area (Å²) in [6, 6.07) is 1.15. The molecule has 0 aromatic rings. The van der Waals surface area contributed by atoms with E-state index >= 15 is 0 Å². The number of hydrogen-bond acceptors (Lipinski definition) is 3. The summed E-state index contributed by atoms with van der Waals surface area (Å²) in [7, 11) is 0. The molecule has 1 unspecified atom stereocenters. The second-order valence-corrected chi connectivity index (χ2v) is 1.99. The Morgan fingerprint density at radius 2 is 2.18 bits per heavy atom. The Kier molecular flexibility index (Phi) is 5.61. The maximum atomic E-state index is 11.4. The average molecular weight is 164 g/mol. The fraction of sp³-hybridized carbons (Fsp3) is 0.833. The molecule has 0 aliphatic heterocycles. The number of halogens is 2. The first-order chi connectivity index (χ1) is 5.16. The van der Waals surface area contributed by atoms with E-state index in [1.165, 1.54) is 0 Å². The van der Waals surface area contributed by atoms with Crippen LogP contribution in [0.4, 0.5) is 8.78 Å². The molecule has 0 radical (unpaired) electrons. The van der Waals surface area contributed by atoms with Crippen LogP contribution < -0.4 is 5.73 Å². The Morgan fingerprint density at radius 3 is 2.64 bits per heavy atom. The lowest BCUT2D eigenvalue weighted by molar-refractivity contribution is 0.0162. The molecule has 0 saturated carbocycles. The van der Waals surface area contributed by atoms with Gasteiger partial charge in [0.25, 0.3) is 6.43 Å². The lowest BCUT2D eigenvalue weighted by Crippen LogP contribution is -2.20. The molecule has 0 spiro atoms. The van der Waals surface area contributed by atoms with Crippen molar-refractivity contribution in [3.05, 3.63) is 0 Å². The SMILES string of the molecule is N#CC(N)CCOCC(F)F. The van der Waals surface area contributed by atoms with E-state index < -0.39 is 19.1 Å². The highest BCUT2D eigenvalue weighted by Gasteiger charge is 2.03. The molecule has 0 rings (SSSR count). The average Bonchev–Trinajstić information content (AvgIpc) is 1.97.